The lowest BCUT2D eigenvalue weighted by atomic mass is 9.98. The van der Waals surface area contributed by atoms with Crippen LogP contribution in [0.2, 0.25) is 0 Å². The Kier molecular flexibility index (Phi) is 5.12. The van der Waals surface area contributed by atoms with E-state index in [1.54, 1.807) is 23.9 Å². The summed E-state index contributed by atoms with van der Waals surface area (Å²) in [6.45, 7) is 3.85. The van der Waals surface area contributed by atoms with Gasteiger partial charge in [0, 0.05) is 24.1 Å². The van der Waals surface area contributed by atoms with Crippen LogP contribution in [0.3, 0.4) is 0 Å². The number of piperidine rings is 1. The minimum absolute atomic E-state index is 0.214. The van der Waals surface area contributed by atoms with E-state index >= 15 is 0 Å². The number of nitrogens with zero attached hydrogens (tertiary/aromatic N) is 5. The van der Waals surface area contributed by atoms with Crippen LogP contribution in [-0.4, -0.2) is 44.0 Å². The molecule has 1 aliphatic rings. The van der Waals surface area contributed by atoms with Crippen LogP contribution in [0.5, 0.6) is 0 Å². The molecule has 1 amide bonds. The summed E-state index contributed by atoms with van der Waals surface area (Å²) in [5.74, 6) is 1.39. The number of rotatable bonds is 4. The molecule has 3 heterocycles. The molecule has 28 heavy (non-hydrogen) atoms. The van der Waals surface area contributed by atoms with Crippen LogP contribution < -0.4 is 10.6 Å². The second-order valence-corrected chi connectivity index (χ2v) is 7.03. The van der Waals surface area contributed by atoms with E-state index in [1.807, 2.05) is 31.2 Å². The third kappa shape index (κ3) is 3.91. The summed E-state index contributed by atoms with van der Waals surface area (Å²) in [5, 5.41) is 18.9. The monoisotopic (exact) mass is 377 g/mol. The molecular weight excluding hydrogens is 354 g/mol. The third-order valence-corrected chi connectivity index (χ3v) is 4.95. The van der Waals surface area contributed by atoms with Gasteiger partial charge in [-0.25, -0.2) is 4.68 Å². The van der Waals surface area contributed by atoms with E-state index in [0.29, 0.717) is 17.4 Å². The van der Waals surface area contributed by atoms with Gasteiger partial charge in [-0.3, -0.25) is 10.1 Å². The molecule has 144 valence electrons. The third-order valence-electron chi connectivity index (χ3n) is 4.95. The first-order chi connectivity index (χ1) is 13.6. The Bertz CT molecular complexity index is 957. The Morgan fingerprint density at radius 2 is 1.86 bits per heavy atom. The lowest BCUT2D eigenvalue weighted by Gasteiger charge is -2.19. The summed E-state index contributed by atoms with van der Waals surface area (Å²) in [4.78, 5) is 17.2. The highest BCUT2D eigenvalue weighted by Gasteiger charge is 2.21. The first kappa shape index (κ1) is 18.2. The maximum atomic E-state index is 12.6. The van der Waals surface area contributed by atoms with Crippen LogP contribution >= 0.6 is 0 Å². The second-order valence-electron chi connectivity index (χ2n) is 7.03. The zero-order valence-corrected chi connectivity index (χ0v) is 16.0. The number of hydrogen-bond donors (Lipinski definition) is 2. The van der Waals surface area contributed by atoms with E-state index in [1.165, 1.54) is 0 Å². The van der Waals surface area contributed by atoms with Crippen LogP contribution in [0.15, 0.2) is 36.4 Å². The SMILES string of the molecule is Cc1ccc(-c2ccc(C(=O)Nc3nc(C4CCNCC4)nn3C)cc2)nn1. The molecule has 8 nitrogen and oxygen atoms in total. The van der Waals surface area contributed by atoms with Crippen molar-refractivity contribution < 1.29 is 4.79 Å². The molecule has 1 aromatic carbocycles. The van der Waals surface area contributed by atoms with Gasteiger partial charge in [-0.15, -0.1) is 0 Å². The lowest BCUT2D eigenvalue weighted by Crippen LogP contribution is -2.27. The Morgan fingerprint density at radius 1 is 1.11 bits per heavy atom. The van der Waals surface area contributed by atoms with E-state index in [9.17, 15) is 4.79 Å². The standard InChI is InChI=1S/C20H23N7O/c1-13-3-8-17(25-24-13)14-4-6-16(7-5-14)19(28)23-20-22-18(26-27(20)2)15-9-11-21-12-10-15/h3-8,15,21H,9-12H2,1-2H3,(H,22,23,26,28). The molecule has 1 saturated heterocycles. The fraction of sp³-hybridized carbons (Fsp3) is 0.350. The number of aromatic nitrogens is 5. The minimum Gasteiger partial charge on any atom is -0.317 e. The molecular formula is C20H23N7O. The highest BCUT2D eigenvalue weighted by molar-refractivity contribution is 6.03. The van der Waals surface area contributed by atoms with E-state index in [2.05, 4.69) is 30.9 Å². The summed E-state index contributed by atoms with van der Waals surface area (Å²) in [5.41, 5.74) is 3.11. The smallest absolute Gasteiger partial charge is 0.258 e. The molecule has 1 aliphatic heterocycles. The fourth-order valence-corrected chi connectivity index (χ4v) is 3.29. The quantitative estimate of drug-likeness (QED) is 0.724. The van der Waals surface area contributed by atoms with Gasteiger partial charge in [-0.2, -0.15) is 20.3 Å². The van der Waals surface area contributed by atoms with Crippen LogP contribution in [0.4, 0.5) is 5.95 Å². The van der Waals surface area contributed by atoms with E-state index in [4.69, 9.17) is 0 Å². The molecule has 0 atom stereocenters. The number of benzene rings is 1. The van der Waals surface area contributed by atoms with E-state index < -0.39 is 0 Å². The first-order valence-corrected chi connectivity index (χ1v) is 9.44. The van der Waals surface area contributed by atoms with E-state index in [-0.39, 0.29) is 5.91 Å². The fourth-order valence-electron chi connectivity index (χ4n) is 3.29. The molecule has 4 rings (SSSR count). The second kappa shape index (κ2) is 7.85. The van der Waals surface area contributed by atoms with Crippen LogP contribution in [0.25, 0.3) is 11.3 Å². The number of aryl methyl sites for hydroxylation is 2. The molecule has 3 aromatic rings. The molecule has 0 unspecified atom stereocenters. The lowest BCUT2D eigenvalue weighted by molar-refractivity contribution is 0.102. The molecule has 1 fully saturated rings. The maximum absolute atomic E-state index is 12.6. The van der Waals surface area contributed by atoms with Crippen molar-refractivity contribution in [2.45, 2.75) is 25.7 Å². The Balaban J connectivity index is 1.46. The Morgan fingerprint density at radius 3 is 2.54 bits per heavy atom. The van der Waals surface area contributed by atoms with Crippen molar-refractivity contribution in [3.63, 3.8) is 0 Å². The van der Waals surface area contributed by atoms with Crippen LogP contribution in [0.1, 0.15) is 40.6 Å². The minimum atomic E-state index is -0.214. The number of nitrogens with one attached hydrogen (secondary N) is 2. The molecule has 0 spiro atoms. The molecule has 8 heteroatoms. The van der Waals surface area contributed by atoms with Crippen LogP contribution in [-0.2, 0) is 7.05 Å². The molecule has 0 bridgehead atoms. The zero-order chi connectivity index (χ0) is 19.5. The Labute approximate surface area is 163 Å². The van der Waals surface area contributed by atoms with Gasteiger partial charge in [0.15, 0.2) is 5.82 Å². The van der Waals surface area contributed by atoms with Gasteiger partial charge >= 0.3 is 0 Å². The highest BCUT2D eigenvalue weighted by atomic mass is 16.1. The van der Waals surface area contributed by atoms with Gasteiger partial charge in [0.25, 0.3) is 5.91 Å². The number of hydrogen-bond acceptors (Lipinski definition) is 6. The number of carbonyl (C=O) groups excluding carboxylic acids is 1. The van der Waals surface area contributed by atoms with Crippen molar-refractivity contribution in [2.24, 2.45) is 7.05 Å². The van der Waals surface area contributed by atoms with Gasteiger partial charge in [0.2, 0.25) is 5.95 Å². The van der Waals surface area contributed by atoms with Gasteiger partial charge in [-0.1, -0.05) is 12.1 Å². The number of anilines is 1. The number of amides is 1. The summed E-state index contributed by atoms with van der Waals surface area (Å²) < 4.78 is 1.63. The van der Waals surface area contributed by atoms with E-state index in [0.717, 1.165) is 48.7 Å². The van der Waals surface area contributed by atoms with Gasteiger partial charge in [0.05, 0.1) is 11.4 Å². The van der Waals surface area contributed by atoms with Crippen molar-refractivity contribution in [3.05, 3.63) is 53.5 Å². The van der Waals surface area contributed by atoms with Crippen molar-refractivity contribution in [3.8, 4) is 11.3 Å². The highest BCUT2D eigenvalue weighted by Crippen LogP contribution is 2.23. The maximum Gasteiger partial charge on any atom is 0.258 e. The topological polar surface area (TPSA) is 97.6 Å². The summed E-state index contributed by atoms with van der Waals surface area (Å²) in [7, 11) is 1.80. The van der Waals surface area contributed by atoms with Gasteiger partial charge < -0.3 is 5.32 Å². The molecule has 0 radical (unpaired) electrons. The first-order valence-electron chi connectivity index (χ1n) is 9.44. The normalized spacial score (nSPS) is 14.8. The molecule has 0 aliphatic carbocycles. The van der Waals surface area contributed by atoms with Crippen molar-refractivity contribution in [2.75, 3.05) is 18.4 Å². The zero-order valence-electron chi connectivity index (χ0n) is 16.0. The summed E-state index contributed by atoms with van der Waals surface area (Å²) in [6.07, 6.45) is 2.03. The summed E-state index contributed by atoms with van der Waals surface area (Å²) in [6, 6.07) is 11.1. The van der Waals surface area contributed by atoms with Gasteiger partial charge in [0.1, 0.15) is 0 Å². The average Bonchev–Trinajstić information content (AvgIpc) is 3.10. The molecule has 2 aromatic heterocycles. The predicted molar refractivity (Wildman–Crippen MR) is 106 cm³/mol. The van der Waals surface area contributed by atoms with Crippen molar-refractivity contribution in [1.82, 2.24) is 30.3 Å². The average molecular weight is 377 g/mol. The largest absolute Gasteiger partial charge is 0.317 e. The Hall–Kier alpha value is -3.13. The number of carbonyl (C=O) groups is 1. The molecule has 0 saturated carbocycles. The van der Waals surface area contributed by atoms with Crippen LogP contribution in [0, 0.1) is 6.92 Å². The van der Waals surface area contributed by atoms with Gasteiger partial charge in [-0.05, 0) is 57.1 Å². The predicted octanol–water partition coefficient (Wildman–Crippen LogP) is 2.30. The van der Waals surface area contributed by atoms with Crippen molar-refractivity contribution in [1.29, 1.82) is 0 Å². The van der Waals surface area contributed by atoms with Crippen molar-refractivity contribution >= 4 is 11.9 Å². The molecule has 2 N–H and O–H groups in total. The summed E-state index contributed by atoms with van der Waals surface area (Å²) >= 11 is 0.